The molecule has 0 aliphatic carbocycles. The van der Waals surface area contributed by atoms with E-state index >= 15 is 0 Å². The monoisotopic (exact) mass is 443 g/mol. The second kappa shape index (κ2) is 10.2. The van der Waals surface area contributed by atoms with Crippen molar-refractivity contribution >= 4 is 40.6 Å². The van der Waals surface area contributed by atoms with E-state index in [1.807, 2.05) is 11.3 Å². The predicted molar refractivity (Wildman–Crippen MR) is 144 cm³/mol. The van der Waals surface area contributed by atoms with Crippen LogP contribution in [0, 0.1) is 0 Å². The zero-order valence-corrected chi connectivity index (χ0v) is 19.2. The number of hydrogen-bond acceptors (Lipinski definition) is 2. The number of anilines is 3. The van der Waals surface area contributed by atoms with Crippen LogP contribution >= 0.6 is 11.3 Å². The number of benzene rings is 4. The Hall–Kier alpha value is -3.88. The molecule has 0 radical (unpaired) electrons. The van der Waals surface area contributed by atoms with Gasteiger partial charge in [-0.3, -0.25) is 0 Å². The summed E-state index contributed by atoms with van der Waals surface area (Å²) in [4.78, 5) is 3.67. The van der Waals surface area contributed by atoms with Gasteiger partial charge in [-0.1, -0.05) is 91.0 Å². The van der Waals surface area contributed by atoms with Crippen molar-refractivity contribution < 1.29 is 0 Å². The molecule has 0 saturated heterocycles. The summed E-state index contributed by atoms with van der Waals surface area (Å²) in [5, 5.41) is 2.23. The number of para-hydroxylation sites is 2. The van der Waals surface area contributed by atoms with Crippen LogP contribution in [0.4, 0.5) is 17.1 Å². The lowest BCUT2D eigenvalue weighted by molar-refractivity contribution is 1.24. The minimum Gasteiger partial charge on any atom is -0.311 e. The first-order valence-electron chi connectivity index (χ1n) is 11.1. The Morgan fingerprint density at radius 1 is 0.545 bits per heavy atom. The zero-order chi connectivity index (χ0) is 22.3. The first-order valence-corrected chi connectivity index (χ1v) is 12.0. The average Bonchev–Trinajstić information content (AvgIpc) is 3.33. The molecule has 0 aliphatic rings. The van der Waals surface area contributed by atoms with Gasteiger partial charge in [0.15, 0.2) is 0 Å². The molecule has 0 unspecified atom stereocenters. The van der Waals surface area contributed by atoms with Crippen molar-refractivity contribution in [3.8, 4) is 0 Å². The molecule has 33 heavy (non-hydrogen) atoms. The van der Waals surface area contributed by atoms with Crippen molar-refractivity contribution in [2.24, 2.45) is 0 Å². The summed E-state index contributed by atoms with van der Waals surface area (Å²) in [6.07, 6.45) is 5.38. The van der Waals surface area contributed by atoms with Crippen LogP contribution in [0.3, 0.4) is 0 Å². The highest BCUT2D eigenvalue weighted by Crippen LogP contribution is 2.34. The van der Waals surface area contributed by atoms with Crippen molar-refractivity contribution in [3.63, 3.8) is 0 Å². The molecule has 1 nitrogen and oxygen atoms in total. The first-order chi connectivity index (χ1) is 16.3. The maximum absolute atomic E-state index is 2.29. The summed E-state index contributed by atoms with van der Waals surface area (Å²) in [5.74, 6) is 0. The van der Waals surface area contributed by atoms with Gasteiger partial charge in [0.2, 0.25) is 0 Å². The van der Waals surface area contributed by atoms with Gasteiger partial charge >= 0.3 is 0 Å². The highest BCUT2D eigenvalue weighted by molar-refractivity contribution is 7.10. The lowest BCUT2D eigenvalue weighted by Crippen LogP contribution is -2.09. The fraction of sp³-hybridized carbons (Fsp3) is 0.0323. The van der Waals surface area contributed by atoms with Crippen molar-refractivity contribution in [1.29, 1.82) is 0 Å². The third-order valence-electron chi connectivity index (χ3n) is 5.54. The van der Waals surface area contributed by atoms with Gasteiger partial charge in [0.25, 0.3) is 0 Å². The van der Waals surface area contributed by atoms with Gasteiger partial charge in [-0.05, 0) is 64.5 Å². The van der Waals surface area contributed by atoms with E-state index in [2.05, 4.69) is 144 Å². The molecule has 1 aromatic heterocycles. The van der Waals surface area contributed by atoms with Crippen LogP contribution in [0.15, 0.2) is 127 Å². The number of thiophene rings is 1. The molecule has 160 valence electrons. The van der Waals surface area contributed by atoms with Gasteiger partial charge in [-0.25, -0.2) is 0 Å². The van der Waals surface area contributed by atoms with E-state index in [1.54, 1.807) is 0 Å². The maximum atomic E-state index is 2.29. The third kappa shape index (κ3) is 5.31. The van der Waals surface area contributed by atoms with E-state index in [-0.39, 0.29) is 0 Å². The molecule has 0 amide bonds. The molecule has 2 heteroatoms. The molecule has 0 atom stereocenters. The quantitative estimate of drug-likeness (QED) is 0.243. The largest absolute Gasteiger partial charge is 0.311 e. The summed E-state index contributed by atoms with van der Waals surface area (Å²) in [7, 11) is 0. The Bertz CT molecular complexity index is 1260. The highest BCUT2D eigenvalue weighted by atomic mass is 32.1. The smallest absolute Gasteiger partial charge is 0.0462 e. The predicted octanol–water partition coefficient (Wildman–Crippen LogP) is 8.98. The van der Waals surface area contributed by atoms with Crippen LogP contribution in [0.2, 0.25) is 0 Å². The molecule has 0 spiro atoms. The van der Waals surface area contributed by atoms with E-state index in [0.717, 1.165) is 23.5 Å². The second-order valence-electron chi connectivity index (χ2n) is 7.94. The SMILES string of the molecule is C(=Cc1csc(Cc2ccccc2)c1)c1ccc(N(c2ccccc2)c2ccccc2)cc1. The first kappa shape index (κ1) is 21.0. The Morgan fingerprint density at radius 3 is 1.67 bits per heavy atom. The Labute approximate surface area is 199 Å². The molecule has 5 aromatic rings. The van der Waals surface area contributed by atoms with Crippen molar-refractivity contribution in [1.82, 2.24) is 0 Å². The number of hydrogen-bond donors (Lipinski definition) is 0. The van der Waals surface area contributed by atoms with Crippen LogP contribution in [0.1, 0.15) is 21.6 Å². The fourth-order valence-electron chi connectivity index (χ4n) is 3.90. The standard InChI is InChI=1S/C31H25NS/c1-4-10-26(11-5-1)22-31-23-27(24-33-31)17-16-25-18-20-30(21-19-25)32(28-12-6-2-7-13-28)29-14-8-3-9-15-29/h1-21,23-24H,22H2. The van der Waals surface area contributed by atoms with Crippen LogP contribution in [0.25, 0.3) is 12.2 Å². The lowest BCUT2D eigenvalue weighted by atomic mass is 10.1. The van der Waals surface area contributed by atoms with Crippen molar-refractivity contribution in [2.75, 3.05) is 4.90 Å². The van der Waals surface area contributed by atoms with Gasteiger partial charge in [0.1, 0.15) is 0 Å². The molecule has 0 N–H and O–H groups in total. The van der Waals surface area contributed by atoms with E-state index in [9.17, 15) is 0 Å². The molecule has 1 heterocycles. The number of rotatable bonds is 7. The molecular formula is C31H25NS. The van der Waals surface area contributed by atoms with Crippen LogP contribution < -0.4 is 4.90 Å². The zero-order valence-electron chi connectivity index (χ0n) is 18.3. The Morgan fingerprint density at radius 2 is 1.06 bits per heavy atom. The lowest BCUT2D eigenvalue weighted by Gasteiger charge is -2.25. The van der Waals surface area contributed by atoms with Crippen LogP contribution in [0.5, 0.6) is 0 Å². The Balaban J connectivity index is 1.33. The molecule has 5 rings (SSSR count). The molecule has 0 aliphatic heterocycles. The number of nitrogens with zero attached hydrogens (tertiary/aromatic N) is 1. The van der Waals surface area contributed by atoms with Gasteiger partial charge < -0.3 is 4.90 Å². The highest BCUT2D eigenvalue weighted by Gasteiger charge is 2.11. The second-order valence-corrected chi connectivity index (χ2v) is 8.94. The van der Waals surface area contributed by atoms with Gasteiger partial charge in [-0.2, -0.15) is 0 Å². The van der Waals surface area contributed by atoms with E-state index < -0.39 is 0 Å². The molecule has 0 saturated carbocycles. The van der Waals surface area contributed by atoms with Gasteiger partial charge in [0.05, 0.1) is 0 Å². The summed E-state index contributed by atoms with van der Waals surface area (Å²) < 4.78 is 0. The van der Waals surface area contributed by atoms with E-state index in [0.29, 0.717) is 0 Å². The van der Waals surface area contributed by atoms with E-state index in [1.165, 1.54) is 21.6 Å². The normalized spacial score (nSPS) is 11.0. The Kier molecular flexibility index (Phi) is 6.46. The topological polar surface area (TPSA) is 3.24 Å². The van der Waals surface area contributed by atoms with Crippen LogP contribution in [-0.2, 0) is 6.42 Å². The minimum absolute atomic E-state index is 0.989. The average molecular weight is 444 g/mol. The summed E-state index contributed by atoms with van der Waals surface area (Å²) >= 11 is 1.82. The molecule has 0 fully saturated rings. The molecule has 0 bridgehead atoms. The minimum atomic E-state index is 0.989. The summed E-state index contributed by atoms with van der Waals surface area (Å²) in [6.45, 7) is 0. The van der Waals surface area contributed by atoms with E-state index in [4.69, 9.17) is 0 Å². The van der Waals surface area contributed by atoms with Crippen molar-refractivity contribution in [3.05, 3.63) is 148 Å². The third-order valence-corrected chi connectivity index (χ3v) is 6.50. The summed E-state index contributed by atoms with van der Waals surface area (Å²) in [6, 6.07) is 42.7. The molecule has 4 aromatic carbocycles. The molecular weight excluding hydrogens is 418 g/mol. The van der Waals surface area contributed by atoms with Crippen LogP contribution in [-0.4, -0.2) is 0 Å². The summed E-state index contributed by atoms with van der Waals surface area (Å²) in [5.41, 5.74) is 7.24. The van der Waals surface area contributed by atoms with Crippen molar-refractivity contribution in [2.45, 2.75) is 6.42 Å². The van der Waals surface area contributed by atoms with Gasteiger partial charge in [0, 0.05) is 28.4 Å². The fourth-order valence-corrected chi connectivity index (χ4v) is 4.79. The van der Waals surface area contributed by atoms with Gasteiger partial charge in [-0.15, -0.1) is 11.3 Å². The maximum Gasteiger partial charge on any atom is 0.0462 e.